The molecule has 0 unspecified atom stereocenters. The highest BCUT2D eigenvalue weighted by atomic mass is 35.5. The van der Waals surface area contributed by atoms with Gasteiger partial charge < -0.3 is 15.4 Å². The van der Waals surface area contributed by atoms with Crippen LogP contribution in [0.2, 0.25) is 0 Å². The quantitative estimate of drug-likeness (QED) is 0.845. The highest BCUT2D eigenvalue weighted by Gasteiger charge is 2.18. The highest BCUT2D eigenvalue weighted by molar-refractivity contribution is 5.91. The van der Waals surface area contributed by atoms with E-state index >= 15 is 0 Å². The Morgan fingerprint density at radius 2 is 2.16 bits per heavy atom. The van der Waals surface area contributed by atoms with E-state index < -0.39 is 0 Å². The molecule has 0 bridgehead atoms. The standard InChI is InChI=1S/C17H23N5O2.ClH/c1-12-3-4-13(9-16(12)24-2)10-19-17(23)15-11-22(21-20-15)14-5-7-18-8-6-14;/h3-4,9,11,14,18H,5-8,10H2,1-2H3,(H,19,23);1H. The number of benzene rings is 1. The summed E-state index contributed by atoms with van der Waals surface area (Å²) < 4.78 is 7.11. The first-order valence-electron chi connectivity index (χ1n) is 8.21. The topological polar surface area (TPSA) is 81.1 Å². The highest BCUT2D eigenvalue weighted by Crippen LogP contribution is 2.19. The lowest BCUT2D eigenvalue weighted by atomic mass is 10.1. The first-order chi connectivity index (χ1) is 11.7. The Bertz CT molecular complexity index is 713. The molecule has 1 aliphatic rings. The fourth-order valence-electron chi connectivity index (χ4n) is 2.88. The molecule has 1 fully saturated rings. The Labute approximate surface area is 153 Å². The van der Waals surface area contributed by atoms with Crippen LogP contribution in [-0.4, -0.2) is 41.1 Å². The lowest BCUT2D eigenvalue weighted by Gasteiger charge is -2.22. The van der Waals surface area contributed by atoms with E-state index in [1.165, 1.54) is 0 Å². The SMILES string of the molecule is COc1cc(CNC(=O)c2cn(C3CCNCC3)nn2)ccc1C.Cl. The van der Waals surface area contributed by atoms with Gasteiger partial charge in [0.25, 0.3) is 5.91 Å². The molecule has 1 aromatic heterocycles. The molecule has 1 amide bonds. The normalized spacial score (nSPS) is 14.6. The number of carbonyl (C=O) groups is 1. The predicted octanol–water partition coefficient (Wildman–Crippen LogP) is 1.87. The van der Waals surface area contributed by atoms with Gasteiger partial charge in [0.05, 0.1) is 19.3 Å². The molecule has 2 aromatic rings. The summed E-state index contributed by atoms with van der Waals surface area (Å²) in [5, 5.41) is 14.3. The number of hydrogen-bond acceptors (Lipinski definition) is 5. The molecule has 3 rings (SSSR count). The molecule has 0 spiro atoms. The van der Waals surface area contributed by atoms with Gasteiger partial charge in [0.2, 0.25) is 0 Å². The summed E-state index contributed by atoms with van der Waals surface area (Å²) in [6.07, 6.45) is 3.75. The number of rotatable bonds is 5. The van der Waals surface area contributed by atoms with Crippen molar-refractivity contribution in [3.8, 4) is 5.75 Å². The molecule has 7 nitrogen and oxygen atoms in total. The van der Waals surface area contributed by atoms with E-state index in [0.717, 1.165) is 42.8 Å². The van der Waals surface area contributed by atoms with E-state index in [1.807, 2.05) is 29.8 Å². The number of carbonyl (C=O) groups excluding carboxylic acids is 1. The number of ether oxygens (including phenoxy) is 1. The molecule has 2 N–H and O–H groups in total. The third kappa shape index (κ3) is 4.70. The number of nitrogens with zero attached hydrogens (tertiary/aromatic N) is 3. The Kier molecular flexibility index (Phi) is 6.78. The van der Waals surface area contributed by atoms with Crippen LogP contribution in [0.15, 0.2) is 24.4 Å². The monoisotopic (exact) mass is 365 g/mol. The van der Waals surface area contributed by atoms with Crippen molar-refractivity contribution in [2.45, 2.75) is 32.4 Å². The first-order valence-corrected chi connectivity index (χ1v) is 8.21. The zero-order valence-corrected chi connectivity index (χ0v) is 15.3. The lowest BCUT2D eigenvalue weighted by Crippen LogP contribution is -2.29. The van der Waals surface area contributed by atoms with Crippen molar-refractivity contribution >= 4 is 18.3 Å². The minimum Gasteiger partial charge on any atom is -0.496 e. The third-order valence-corrected chi connectivity index (χ3v) is 4.35. The number of halogens is 1. The van der Waals surface area contributed by atoms with Crippen molar-refractivity contribution in [1.82, 2.24) is 25.6 Å². The van der Waals surface area contributed by atoms with Gasteiger partial charge in [-0.15, -0.1) is 17.5 Å². The maximum absolute atomic E-state index is 12.3. The van der Waals surface area contributed by atoms with Crippen LogP contribution in [0.1, 0.15) is 40.5 Å². The Hall–Kier alpha value is -2.12. The molecule has 0 aliphatic carbocycles. The number of methoxy groups -OCH3 is 1. The van der Waals surface area contributed by atoms with Gasteiger partial charge in [-0.25, -0.2) is 4.68 Å². The van der Waals surface area contributed by atoms with Gasteiger partial charge >= 0.3 is 0 Å². The molecular weight excluding hydrogens is 342 g/mol. The van der Waals surface area contributed by atoms with Crippen LogP contribution in [0, 0.1) is 6.92 Å². The summed E-state index contributed by atoms with van der Waals surface area (Å²) in [5.41, 5.74) is 2.40. The second kappa shape index (κ2) is 8.82. The van der Waals surface area contributed by atoms with E-state index in [-0.39, 0.29) is 18.3 Å². The van der Waals surface area contributed by atoms with E-state index in [9.17, 15) is 4.79 Å². The largest absolute Gasteiger partial charge is 0.496 e. The van der Waals surface area contributed by atoms with Crippen LogP contribution in [0.3, 0.4) is 0 Å². The van der Waals surface area contributed by atoms with Crippen LogP contribution in [0.25, 0.3) is 0 Å². The van der Waals surface area contributed by atoms with Crippen molar-refractivity contribution in [3.63, 3.8) is 0 Å². The van der Waals surface area contributed by atoms with E-state index in [0.29, 0.717) is 18.3 Å². The van der Waals surface area contributed by atoms with Crippen molar-refractivity contribution in [2.75, 3.05) is 20.2 Å². The smallest absolute Gasteiger partial charge is 0.273 e. The first kappa shape index (κ1) is 19.2. The van der Waals surface area contributed by atoms with Crippen molar-refractivity contribution < 1.29 is 9.53 Å². The molecular formula is C17H24ClN5O2. The zero-order chi connectivity index (χ0) is 16.9. The van der Waals surface area contributed by atoms with Gasteiger partial charge in [0, 0.05) is 6.54 Å². The summed E-state index contributed by atoms with van der Waals surface area (Å²) in [6.45, 7) is 4.36. The summed E-state index contributed by atoms with van der Waals surface area (Å²) in [7, 11) is 1.64. The van der Waals surface area contributed by atoms with E-state index in [1.54, 1.807) is 13.3 Å². The van der Waals surface area contributed by atoms with E-state index in [2.05, 4.69) is 20.9 Å². The van der Waals surface area contributed by atoms with Crippen LogP contribution in [0.4, 0.5) is 0 Å². The maximum Gasteiger partial charge on any atom is 0.273 e. The fraction of sp³-hybridized carbons (Fsp3) is 0.471. The zero-order valence-electron chi connectivity index (χ0n) is 14.5. The van der Waals surface area contributed by atoms with Gasteiger partial charge in [-0.05, 0) is 50.0 Å². The van der Waals surface area contributed by atoms with Crippen LogP contribution >= 0.6 is 12.4 Å². The number of amides is 1. The molecule has 1 saturated heterocycles. The van der Waals surface area contributed by atoms with Gasteiger partial charge in [-0.2, -0.15) is 0 Å². The molecule has 8 heteroatoms. The number of hydrogen-bond donors (Lipinski definition) is 2. The van der Waals surface area contributed by atoms with Crippen molar-refractivity contribution in [3.05, 3.63) is 41.2 Å². The van der Waals surface area contributed by atoms with Crippen molar-refractivity contribution in [1.29, 1.82) is 0 Å². The molecule has 136 valence electrons. The average Bonchev–Trinajstić information content (AvgIpc) is 3.12. The Balaban J connectivity index is 0.00000225. The van der Waals surface area contributed by atoms with Gasteiger partial charge in [-0.3, -0.25) is 4.79 Å². The Morgan fingerprint density at radius 1 is 1.40 bits per heavy atom. The lowest BCUT2D eigenvalue weighted by molar-refractivity contribution is 0.0945. The maximum atomic E-state index is 12.3. The van der Waals surface area contributed by atoms with Crippen LogP contribution < -0.4 is 15.4 Å². The molecule has 0 atom stereocenters. The summed E-state index contributed by atoms with van der Waals surface area (Å²) in [6, 6.07) is 6.21. The van der Waals surface area contributed by atoms with Gasteiger partial charge in [0.1, 0.15) is 5.75 Å². The summed E-state index contributed by atoms with van der Waals surface area (Å²) in [5.74, 6) is 0.605. The molecule has 1 aliphatic heterocycles. The number of aryl methyl sites for hydroxylation is 1. The Morgan fingerprint density at radius 3 is 2.88 bits per heavy atom. The second-order valence-electron chi connectivity index (χ2n) is 6.05. The molecule has 0 saturated carbocycles. The minimum atomic E-state index is -0.213. The second-order valence-corrected chi connectivity index (χ2v) is 6.05. The van der Waals surface area contributed by atoms with E-state index in [4.69, 9.17) is 4.74 Å². The van der Waals surface area contributed by atoms with Crippen LogP contribution in [0.5, 0.6) is 5.75 Å². The minimum absolute atomic E-state index is 0. The third-order valence-electron chi connectivity index (χ3n) is 4.35. The number of aromatic nitrogens is 3. The molecule has 25 heavy (non-hydrogen) atoms. The predicted molar refractivity (Wildman–Crippen MR) is 97.3 cm³/mol. The number of piperidine rings is 1. The molecule has 2 heterocycles. The van der Waals surface area contributed by atoms with Gasteiger partial charge in [0.15, 0.2) is 5.69 Å². The summed E-state index contributed by atoms with van der Waals surface area (Å²) >= 11 is 0. The van der Waals surface area contributed by atoms with Crippen molar-refractivity contribution in [2.24, 2.45) is 0 Å². The summed E-state index contributed by atoms with van der Waals surface area (Å²) in [4.78, 5) is 12.3. The molecule has 0 radical (unpaired) electrons. The fourth-order valence-corrected chi connectivity index (χ4v) is 2.88. The van der Waals surface area contributed by atoms with Gasteiger partial charge in [-0.1, -0.05) is 17.3 Å². The van der Waals surface area contributed by atoms with Crippen LogP contribution in [-0.2, 0) is 6.54 Å². The number of nitrogens with one attached hydrogen (secondary N) is 2. The molecule has 1 aromatic carbocycles. The average molecular weight is 366 g/mol.